The average Bonchev–Trinajstić information content (AvgIpc) is 2.66. The molecule has 2 rings (SSSR count). The van der Waals surface area contributed by atoms with Gasteiger partial charge < -0.3 is 20.1 Å². The molecule has 4 N–H and O–H groups in total. The monoisotopic (exact) mass is 258 g/mol. The number of nitrogens with one attached hydrogen (secondary N) is 1. The molecule has 1 unspecified atom stereocenters. The second kappa shape index (κ2) is 4.56. The molecule has 1 aromatic heterocycles. The van der Waals surface area contributed by atoms with Gasteiger partial charge in [0.25, 0.3) is 5.56 Å². The van der Waals surface area contributed by atoms with E-state index in [9.17, 15) is 14.7 Å². The Bertz CT molecular complexity index is 548. The van der Waals surface area contributed by atoms with Crippen LogP contribution in [0.1, 0.15) is 19.6 Å². The van der Waals surface area contributed by atoms with Crippen LogP contribution in [0.2, 0.25) is 0 Å². The molecule has 3 atom stereocenters. The van der Waals surface area contributed by atoms with E-state index in [1.807, 2.05) is 4.98 Å². The van der Waals surface area contributed by atoms with Gasteiger partial charge in [-0.15, -0.1) is 0 Å². The lowest BCUT2D eigenvalue weighted by Crippen LogP contribution is -2.34. The van der Waals surface area contributed by atoms with E-state index in [2.05, 4.69) is 0 Å². The molecular weight excluding hydrogens is 244 g/mol. The number of aliphatic hydroxyl groups is 2. The summed E-state index contributed by atoms with van der Waals surface area (Å²) in [6, 6.07) is 0. The van der Waals surface area contributed by atoms with Crippen LogP contribution < -0.4 is 11.2 Å². The number of H-pyrrole nitrogens is 1. The summed E-state index contributed by atoms with van der Waals surface area (Å²) in [5.74, 6) is -0.766. The Labute approximate surface area is 101 Å². The predicted octanol–water partition coefficient (Wildman–Crippen LogP) is -1.52. The molecule has 0 saturated carbocycles. The van der Waals surface area contributed by atoms with Crippen LogP contribution in [0, 0.1) is 5.92 Å². The fraction of sp³-hybridized carbons (Fsp3) is 0.600. The van der Waals surface area contributed by atoms with Gasteiger partial charge in [-0.1, -0.05) is 6.92 Å². The number of hydrogen-bond acceptors (Lipinski definition) is 6. The standard InChI is InChI=1S/C10H14N2O6/c1-4-2-6(9(15)16)18-8(4)12-3-5(13)7(14)11-10(12)17/h3-4,6,8-9,13,15-16H,2H2,1H3,(H,11,14,17)/t4-,6?,8+/m0/s1. The van der Waals surface area contributed by atoms with E-state index in [-0.39, 0.29) is 5.92 Å². The van der Waals surface area contributed by atoms with Crippen LogP contribution in [0.4, 0.5) is 0 Å². The van der Waals surface area contributed by atoms with Gasteiger partial charge in [0.2, 0.25) is 0 Å². The minimum Gasteiger partial charge on any atom is -0.502 e. The van der Waals surface area contributed by atoms with E-state index in [0.717, 1.165) is 10.8 Å². The summed E-state index contributed by atoms with van der Waals surface area (Å²) < 4.78 is 6.36. The van der Waals surface area contributed by atoms with Crippen molar-refractivity contribution in [1.82, 2.24) is 9.55 Å². The second-order valence-electron chi connectivity index (χ2n) is 4.37. The van der Waals surface area contributed by atoms with E-state index in [0.29, 0.717) is 6.42 Å². The van der Waals surface area contributed by atoms with Crippen molar-refractivity contribution in [2.45, 2.75) is 32.0 Å². The molecule has 0 spiro atoms. The van der Waals surface area contributed by atoms with Crippen LogP contribution in [0.25, 0.3) is 0 Å². The first kappa shape index (κ1) is 12.8. The number of rotatable bonds is 2. The minimum atomic E-state index is -1.63. The third kappa shape index (κ3) is 2.17. The number of aromatic nitrogens is 2. The van der Waals surface area contributed by atoms with Gasteiger partial charge in [0.15, 0.2) is 12.0 Å². The molecule has 8 heteroatoms. The van der Waals surface area contributed by atoms with E-state index in [4.69, 9.17) is 14.9 Å². The normalized spacial score (nSPS) is 27.9. The summed E-state index contributed by atoms with van der Waals surface area (Å²) in [7, 11) is 0. The SMILES string of the molecule is C[C@H]1CC(C(O)O)O[C@H]1n1cc(O)c(=O)[nH]c1=O. The first-order valence-electron chi connectivity index (χ1n) is 5.46. The lowest BCUT2D eigenvalue weighted by molar-refractivity contribution is -0.152. The van der Waals surface area contributed by atoms with Crippen molar-refractivity contribution in [2.24, 2.45) is 5.92 Å². The Morgan fingerprint density at radius 3 is 2.72 bits per heavy atom. The van der Waals surface area contributed by atoms with Crippen molar-refractivity contribution in [1.29, 1.82) is 0 Å². The molecule has 0 aromatic carbocycles. The highest BCUT2D eigenvalue weighted by atomic mass is 16.6. The molecule has 0 radical (unpaired) electrons. The zero-order valence-electron chi connectivity index (χ0n) is 9.61. The first-order valence-corrected chi connectivity index (χ1v) is 5.46. The first-order chi connectivity index (χ1) is 8.40. The molecule has 0 aliphatic carbocycles. The van der Waals surface area contributed by atoms with Gasteiger partial charge in [-0.05, 0) is 6.42 Å². The molecule has 0 bridgehead atoms. The van der Waals surface area contributed by atoms with E-state index in [1.165, 1.54) is 0 Å². The van der Waals surface area contributed by atoms with Gasteiger partial charge in [-0.25, -0.2) is 4.79 Å². The van der Waals surface area contributed by atoms with Gasteiger partial charge in [0.1, 0.15) is 12.3 Å². The predicted molar refractivity (Wildman–Crippen MR) is 58.9 cm³/mol. The van der Waals surface area contributed by atoms with Crippen LogP contribution in [-0.4, -0.2) is 37.3 Å². The highest BCUT2D eigenvalue weighted by molar-refractivity contribution is 5.09. The van der Waals surface area contributed by atoms with E-state index < -0.39 is 35.6 Å². The lowest BCUT2D eigenvalue weighted by atomic mass is 10.1. The topological polar surface area (TPSA) is 125 Å². The Balaban J connectivity index is 2.36. The van der Waals surface area contributed by atoms with Crippen LogP contribution in [0.15, 0.2) is 15.8 Å². The van der Waals surface area contributed by atoms with Gasteiger partial charge in [0.05, 0.1) is 6.20 Å². The summed E-state index contributed by atoms with van der Waals surface area (Å²) in [5.41, 5.74) is -1.59. The number of ether oxygens (including phenoxy) is 1. The van der Waals surface area contributed by atoms with Crippen molar-refractivity contribution >= 4 is 0 Å². The van der Waals surface area contributed by atoms with Crippen LogP contribution in [0.3, 0.4) is 0 Å². The van der Waals surface area contributed by atoms with Crippen molar-refractivity contribution in [2.75, 3.05) is 0 Å². The fourth-order valence-electron chi connectivity index (χ4n) is 2.05. The summed E-state index contributed by atoms with van der Waals surface area (Å²) in [4.78, 5) is 24.6. The van der Waals surface area contributed by atoms with Crippen molar-refractivity contribution in [3.05, 3.63) is 27.0 Å². The third-order valence-corrected chi connectivity index (χ3v) is 2.96. The van der Waals surface area contributed by atoms with E-state index in [1.54, 1.807) is 6.92 Å². The highest BCUT2D eigenvalue weighted by Gasteiger charge is 2.37. The number of aromatic amines is 1. The van der Waals surface area contributed by atoms with Gasteiger partial charge in [0, 0.05) is 5.92 Å². The highest BCUT2D eigenvalue weighted by Crippen LogP contribution is 2.34. The zero-order chi connectivity index (χ0) is 13.4. The molecule has 1 aliphatic heterocycles. The zero-order valence-corrected chi connectivity index (χ0v) is 9.61. The maximum absolute atomic E-state index is 11.6. The minimum absolute atomic E-state index is 0.167. The second-order valence-corrected chi connectivity index (χ2v) is 4.37. The van der Waals surface area contributed by atoms with Gasteiger partial charge in [-0.3, -0.25) is 14.3 Å². The molecule has 8 nitrogen and oxygen atoms in total. The summed E-state index contributed by atoms with van der Waals surface area (Å²) >= 11 is 0. The molecule has 100 valence electrons. The number of hydrogen-bond donors (Lipinski definition) is 4. The molecule has 18 heavy (non-hydrogen) atoms. The van der Waals surface area contributed by atoms with Gasteiger partial charge in [-0.2, -0.15) is 0 Å². The maximum Gasteiger partial charge on any atom is 0.330 e. The Kier molecular flexibility index (Phi) is 3.24. The molecule has 1 fully saturated rings. The Morgan fingerprint density at radius 2 is 2.17 bits per heavy atom. The van der Waals surface area contributed by atoms with Crippen molar-refractivity contribution in [3.63, 3.8) is 0 Å². The van der Waals surface area contributed by atoms with Crippen LogP contribution in [-0.2, 0) is 4.74 Å². The lowest BCUT2D eigenvalue weighted by Gasteiger charge is -2.18. The molecule has 1 aliphatic rings. The Morgan fingerprint density at radius 1 is 1.50 bits per heavy atom. The Hall–Kier alpha value is -1.64. The molecular formula is C10H14N2O6. The largest absolute Gasteiger partial charge is 0.502 e. The fourth-order valence-corrected chi connectivity index (χ4v) is 2.05. The van der Waals surface area contributed by atoms with Crippen LogP contribution >= 0.6 is 0 Å². The smallest absolute Gasteiger partial charge is 0.330 e. The molecule has 1 aromatic rings. The maximum atomic E-state index is 11.6. The summed E-state index contributed by atoms with van der Waals surface area (Å²) in [5, 5.41) is 27.4. The molecule has 2 heterocycles. The van der Waals surface area contributed by atoms with Crippen molar-refractivity contribution < 1.29 is 20.1 Å². The van der Waals surface area contributed by atoms with Crippen molar-refractivity contribution in [3.8, 4) is 5.75 Å². The van der Waals surface area contributed by atoms with Crippen LogP contribution in [0.5, 0.6) is 5.75 Å². The number of aliphatic hydroxyl groups excluding tert-OH is 1. The molecule has 1 saturated heterocycles. The van der Waals surface area contributed by atoms with E-state index >= 15 is 0 Å². The van der Waals surface area contributed by atoms with Gasteiger partial charge >= 0.3 is 5.69 Å². The molecule has 0 amide bonds. The third-order valence-electron chi connectivity index (χ3n) is 2.96. The average molecular weight is 258 g/mol. The summed E-state index contributed by atoms with van der Waals surface area (Å²) in [6.45, 7) is 1.77. The number of aromatic hydroxyl groups is 1. The number of nitrogens with zero attached hydrogens (tertiary/aromatic N) is 1. The quantitative estimate of drug-likeness (QED) is 0.477. The summed E-state index contributed by atoms with van der Waals surface area (Å²) in [6.07, 6.45) is -1.86.